The zero-order valence-corrected chi connectivity index (χ0v) is 18.2. The van der Waals surface area contributed by atoms with E-state index in [0.717, 1.165) is 23.1 Å². The number of nitrogens with zero attached hydrogens (tertiary/aromatic N) is 4. The van der Waals surface area contributed by atoms with Gasteiger partial charge in [0.2, 0.25) is 5.91 Å². The van der Waals surface area contributed by atoms with Crippen LogP contribution in [0.1, 0.15) is 55.5 Å². The number of anilines is 1. The molecule has 2 aliphatic carbocycles. The van der Waals surface area contributed by atoms with Gasteiger partial charge < -0.3 is 4.90 Å². The summed E-state index contributed by atoms with van der Waals surface area (Å²) in [6, 6.07) is 5.84. The lowest BCUT2D eigenvalue weighted by molar-refractivity contribution is -0.133. The van der Waals surface area contributed by atoms with Crippen LogP contribution < -0.4 is 4.90 Å². The van der Waals surface area contributed by atoms with Gasteiger partial charge >= 0.3 is 6.18 Å². The molecule has 9 heteroatoms. The van der Waals surface area contributed by atoms with E-state index >= 15 is 0 Å². The quantitative estimate of drug-likeness (QED) is 0.536. The van der Waals surface area contributed by atoms with E-state index in [4.69, 9.17) is 11.6 Å². The number of alkyl halides is 3. The van der Waals surface area contributed by atoms with Crippen molar-refractivity contribution < 1.29 is 18.0 Å². The summed E-state index contributed by atoms with van der Waals surface area (Å²) in [5, 5.41) is 4.59. The van der Waals surface area contributed by atoms with Gasteiger partial charge in [0.15, 0.2) is 5.82 Å². The Bertz CT molecular complexity index is 1140. The maximum Gasteiger partial charge on any atom is 0.390 e. The minimum Gasteiger partial charge on any atom is -0.311 e. The first-order valence-electron chi connectivity index (χ1n) is 10.6. The first-order valence-corrected chi connectivity index (χ1v) is 11.0. The summed E-state index contributed by atoms with van der Waals surface area (Å²) in [5.74, 6) is 0.768. The molecule has 0 unspecified atom stereocenters. The largest absolute Gasteiger partial charge is 0.390 e. The molecule has 1 spiro atoms. The lowest BCUT2D eigenvalue weighted by Gasteiger charge is -2.19. The fourth-order valence-electron chi connectivity index (χ4n) is 4.83. The van der Waals surface area contributed by atoms with Crippen LogP contribution in [0, 0.1) is 5.92 Å². The molecule has 0 N–H and O–H groups in total. The molecule has 2 saturated carbocycles. The van der Waals surface area contributed by atoms with Crippen molar-refractivity contribution in [1.29, 1.82) is 0 Å². The van der Waals surface area contributed by atoms with Gasteiger partial charge in [0.25, 0.3) is 0 Å². The second-order valence-electron chi connectivity index (χ2n) is 8.85. The standard InChI is InChI=1S/C23H22ClF3N4O/c1-13(20-28-8-10-31(20)29-14(2)24)16-12-17(16)15-3-4-18-19(11-15)30(9-7-23(25,26)27)21(32)22(18)5-6-22/h3-4,8,10-11,16-17H,1,5-7,9,12H2,2H3/b29-14+/t16-,17-/m1/s1. The van der Waals surface area contributed by atoms with Crippen molar-refractivity contribution in [2.45, 2.75) is 50.1 Å². The van der Waals surface area contributed by atoms with Crippen LogP contribution >= 0.6 is 11.6 Å². The fraction of sp³-hybridized carbons (Fsp3) is 0.435. The molecule has 2 atom stereocenters. The Morgan fingerprint density at radius 1 is 1.38 bits per heavy atom. The van der Waals surface area contributed by atoms with Crippen LogP contribution in [0.5, 0.6) is 0 Å². The zero-order valence-electron chi connectivity index (χ0n) is 17.5. The van der Waals surface area contributed by atoms with Gasteiger partial charge in [0, 0.05) is 24.6 Å². The smallest absolute Gasteiger partial charge is 0.311 e. The van der Waals surface area contributed by atoms with Crippen molar-refractivity contribution in [3.05, 3.63) is 54.1 Å². The van der Waals surface area contributed by atoms with E-state index in [1.165, 1.54) is 4.90 Å². The highest BCUT2D eigenvalue weighted by Gasteiger charge is 2.59. The molecule has 0 saturated heterocycles. The first-order chi connectivity index (χ1) is 15.1. The third kappa shape index (κ3) is 3.54. The normalized spacial score (nSPS) is 23.6. The number of amides is 1. The van der Waals surface area contributed by atoms with Crippen molar-refractivity contribution in [3.8, 4) is 0 Å². The monoisotopic (exact) mass is 462 g/mol. The molecule has 2 heterocycles. The van der Waals surface area contributed by atoms with E-state index in [1.807, 2.05) is 18.2 Å². The van der Waals surface area contributed by atoms with Gasteiger partial charge in [0.05, 0.1) is 11.8 Å². The molecule has 1 aromatic carbocycles. The predicted octanol–water partition coefficient (Wildman–Crippen LogP) is 5.45. The highest BCUT2D eigenvalue weighted by Crippen LogP contribution is 2.60. The molecular weight excluding hydrogens is 441 g/mol. The van der Waals surface area contributed by atoms with Crippen LogP contribution in [0.4, 0.5) is 18.9 Å². The summed E-state index contributed by atoms with van der Waals surface area (Å²) in [6.07, 6.45) is 0.288. The lowest BCUT2D eigenvalue weighted by atomic mass is 9.95. The van der Waals surface area contributed by atoms with Crippen molar-refractivity contribution >= 4 is 33.9 Å². The molecule has 3 aliphatic rings. The van der Waals surface area contributed by atoms with Gasteiger partial charge in [-0.3, -0.25) is 4.79 Å². The zero-order chi connectivity index (χ0) is 22.8. The summed E-state index contributed by atoms with van der Waals surface area (Å²) < 4.78 is 40.1. The van der Waals surface area contributed by atoms with Crippen LogP contribution in [-0.4, -0.2) is 33.5 Å². The van der Waals surface area contributed by atoms with Crippen molar-refractivity contribution in [2.24, 2.45) is 11.0 Å². The molecule has 1 aliphatic heterocycles. The molecule has 32 heavy (non-hydrogen) atoms. The number of carbonyl (C=O) groups is 1. The van der Waals surface area contributed by atoms with Crippen LogP contribution in [0.2, 0.25) is 0 Å². The Labute approximate surface area is 188 Å². The number of allylic oxidation sites excluding steroid dienone is 1. The van der Waals surface area contributed by atoms with Gasteiger partial charge in [-0.15, -0.1) is 0 Å². The van der Waals surface area contributed by atoms with E-state index in [2.05, 4.69) is 16.7 Å². The molecule has 0 bridgehead atoms. The van der Waals surface area contributed by atoms with E-state index in [0.29, 0.717) is 29.5 Å². The summed E-state index contributed by atoms with van der Waals surface area (Å²) in [5.41, 5.74) is 2.74. The van der Waals surface area contributed by atoms with Crippen molar-refractivity contribution in [3.63, 3.8) is 0 Å². The van der Waals surface area contributed by atoms with E-state index < -0.39 is 18.0 Å². The number of aromatic nitrogens is 2. The summed E-state index contributed by atoms with van der Waals surface area (Å²) in [4.78, 5) is 18.6. The molecule has 5 nitrogen and oxygen atoms in total. The van der Waals surface area contributed by atoms with E-state index in [1.54, 1.807) is 24.0 Å². The van der Waals surface area contributed by atoms with Crippen LogP contribution in [-0.2, 0) is 10.2 Å². The third-order valence-electron chi connectivity index (χ3n) is 6.67. The van der Waals surface area contributed by atoms with Gasteiger partial charge in [-0.1, -0.05) is 30.3 Å². The average Bonchev–Trinajstić information content (AvgIpc) is 3.61. The molecule has 5 rings (SSSR count). The number of fused-ring (bicyclic) bond motifs is 2. The number of hydrogen-bond donors (Lipinski definition) is 0. The fourth-order valence-corrected chi connectivity index (χ4v) is 4.91. The van der Waals surface area contributed by atoms with Gasteiger partial charge in [0.1, 0.15) is 5.17 Å². The Balaban J connectivity index is 1.39. The van der Waals surface area contributed by atoms with Crippen molar-refractivity contribution in [2.75, 3.05) is 11.4 Å². The Hall–Kier alpha value is -2.61. The second kappa shape index (κ2) is 7.20. The Morgan fingerprint density at radius 3 is 2.78 bits per heavy atom. The molecule has 0 radical (unpaired) electrons. The van der Waals surface area contributed by atoms with Gasteiger partial charge in [-0.2, -0.15) is 18.3 Å². The Kier molecular flexibility index (Phi) is 4.78. The van der Waals surface area contributed by atoms with Crippen molar-refractivity contribution in [1.82, 2.24) is 9.66 Å². The first kappa shape index (κ1) is 21.2. The number of carbonyl (C=O) groups excluding carboxylic acids is 1. The maximum atomic E-state index is 12.9. The van der Waals surface area contributed by atoms with Crippen LogP contribution in [0.25, 0.3) is 5.57 Å². The molecule has 1 aromatic heterocycles. The van der Waals surface area contributed by atoms with Crippen LogP contribution in [0.3, 0.4) is 0 Å². The number of imidazole rings is 1. The second-order valence-corrected chi connectivity index (χ2v) is 9.39. The minimum absolute atomic E-state index is 0.149. The highest BCUT2D eigenvalue weighted by atomic mass is 35.5. The number of halogens is 4. The molecular formula is C23H22ClF3N4O. The van der Waals surface area contributed by atoms with E-state index in [9.17, 15) is 18.0 Å². The molecule has 168 valence electrons. The molecule has 2 fully saturated rings. The number of hydrogen-bond acceptors (Lipinski definition) is 3. The maximum absolute atomic E-state index is 12.9. The van der Waals surface area contributed by atoms with Gasteiger partial charge in [-0.25, -0.2) is 9.66 Å². The Morgan fingerprint density at radius 2 is 2.12 bits per heavy atom. The summed E-state index contributed by atoms with van der Waals surface area (Å²) in [6.45, 7) is 5.55. The number of benzene rings is 1. The lowest BCUT2D eigenvalue weighted by Crippen LogP contribution is -2.34. The third-order valence-corrected chi connectivity index (χ3v) is 6.75. The summed E-state index contributed by atoms with van der Waals surface area (Å²) in [7, 11) is 0. The highest BCUT2D eigenvalue weighted by molar-refractivity contribution is 6.64. The molecule has 1 amide bonds. The predicted molar refractivity (Wildman–Crippen MR) is 117 cm³/mol. The topological polar surface area (TPSA) is 50.5 Å². The minimum atomic E-state index is -4.30. The molecule has 2 aromatic rings. The average molecular weight is 463 g/mol. The van der Waals surface area contributed by atoms with Gasteiger partial charge in [-0.05, 0) is 60.8 Å². The number of rotatable bonds is 6. The SMILES string of the molecule is C=C(c1nccn1/N=C(\C)Cl)[C@H]1C[C@@H]1c1ccc2c(c1)N(CCC(F)(F)F)C(=O)C21CC1. The van der Waals surface area contributed by atoms with E-state index in [-0.39, 0.29) is 24.3 Å². The van der Waals surface area contributed by atoms with Crippen LogP contribution in [0.15, 0.2) is 42.3 Å². The summed E-state index contributed by atoms with van der Waals surface area (Å²) >= 11 is 5.90.